The van der Waals surface area contributed by atoms with Gasteiger partial charge in [0.05, 0.1) is 5.56 Å². The van der Waals surface area contributed by atoms with Crippen molar-refractivity contribution in [1.82, 2.24) is 10.2 Å². The Morgan fingerprint density at radius 3 is 3.05 bits per heavy atom. The summed E-state index contributed by atoms with van der Waals surface area (Å²) in [5.74, 6) is -0.251. The van der Waals surface area contributed by atoms with Gasteiger partial charge in [0.2, 0.25) is 0 Å². The average Bonchev–Trinajstić information content (AvgIpc) is 2.38. The van der Waals surface area contributed by atoms with Crippen LogP contribution < -0.4 is 5.32 Å². The third-order valence-corrected chi connectivity index (χ3v) is 3.87. The van der Waals surface area contributed by atoms with E-state index in [9.17, 15) is 9.18 Å². The Hall–Kier alpha value is -1.13. The standard InChI is InChI=1S/C15H20ClFN2O/c1-11-3-2-7-19(10-11)8-6-18-15(20)13-5-4-12(16)9-14(13)17/h4-5,9,11H,2-3,6-8,10H2,1H3,(H,18,20)/t11-/m1/s1. The number of nitrogens with zero attached hydrogens (tertiary/aromatic N) is 1. The highest BCUT2D eigenvalue weighted by Crippen LogP contribution is 2.15. The second-order valence-electron chi connectivity index (χ2n) is 5.43. The lowest BCUT2D eigenvalue weighted by Gasteiger charge is -2.30. The predicted octanol–water partition coefficient (Wildman–Crippen LogP) is 2.94. The van der Waals surface area contributed by atoms with Crippen LogP contribution in [0.4, 0.5) is 4.39 Å². The minimum atomic E-state index is -0.582. The van der Waals surface area contributed by atoms with E-state index in [2.05, 4.69) is 17.1 Å². The number of hydrogen-bond acceptors (Lipinski definition) is 2. The normalized spacial score (nSPS) is 19.9. The van der Waals surface area contributed by atoms with Crippen molar-refractivity contribution in [2.24, 2.45) is 5.92 Å². The van der Waals surface area contributed by atoms with E-state index in [1.165, 1.54) is 25.0 Å². The molecule has 0 spiro atoms. The van der Waals surface area contributed by atoms with Crippen molar-refractivity contribution < 1.29 is 9.18 Å². The number of benzene rings is 1. The molecule has 3 nitrogen and oxygen atoms in total. The summed E-state index contributed by atoms with van der Waals surface area (Å²) < 4.78 is 13.6. The number of nitrogens with one attached hydrogen (secondary N) is 1. The molecule has 1 heterocycles. The molecule has 1 N–H and O–H groups in total. The monoisotopic (exact) mass is 298 g/mol. The molecule has 0 aliphatic carbocycles. The summed E-state index contributed by atoms with van der Waals surface area (Å²) in [4.78, 5) is 14.2. The molecule has 0 aromatic heterocycles. The van der Waals surface area contributed by atoms with Gasteiger partial charge in [-0.1, -0.05) is 18.5 Å². The zero-order valence-electron chi connectivity index (χ0n) is 11.7. The van der Waals surface area contributed by atoms with E-state index in [0.717, 1.165) is 25.7 Å². The molecule has 20 heavy (non-hydrogen) atoms. The maximum Gasteiger partial charge on any atom is 0.254 e. The van der Waals surface area contributed by atoms with Crippen LogP contribution >= 0.6 is 11.6 Å². The SMILES string of the molecule is C[C@@H]1CCCN(CCNC(=O)c2ccc(Cl)cc2F)C1. The second-order valence-corrected chi connectivity index (χ2v) is 5.86. The van der Waals surface area contributed by atoms with Crippen molar-refractivity contribution in [3.63, 3.8) is 0 Å². The van der Waals surface area contributed by atoms with Crippen molar-refractivity contribution >= 4 is 17.5 Å². The second kappa shape index (κ2) is 7.04. The Morgan fingerprint density at radius 1 is 1.55 bits per heavy atom. The van der Waals surface area contributed by atoms with Gasteiger partial charge in [0.15, 0.2) is 0 Å². The van der Waals surface area contributed by atoms with E-state index in [-0.39, 0.29) is 11.5 Å². The van der Waals surface area contributed by atoms with Crippen molar-refractivity contribution in [1.29, 1.82) is 0 Å². The fourth-order valence-electron chi connectivity index (χ4n) is 2.59. The van der Waals surface area contributed by atoms with Gasteiger partial charge in [0, 0.05) is 24.7 Å². The number of rotatable bonds is 4. The van der Waals surface area contributed by atoms with Crippen molar-refractivity contribution in [2.75, 3.05) is 26.2 Å². The Balaban J connectivity index is 1.80. The number of piperidine rings is 1. The lowest BCUT2D eigenvalue weighted by molar-refractivity contribution is 0.0940. The van der Waals surface area contributed by atoms with Crippen molar-refractivity contribution in [2.45, 2.75) is 19.8 Å². The van der Waals surface area contributed by atoms with Crippen LogP contribution in [0.5, 0.6) is 0 Å². The Kier molecular flexibility index (Phi) is 5.38. The Labute approximate surface area is 124 Å². The van der Waals surface area contributed by atoms with Gasteiger partial charge in [-0.05, 0) is 43.5 Å². The van der Waals surface area contributed by atoms with Gasteiger partial charge < -0.3 is 10.2 Å². The molecule has 0 unspecified atom stereocenters. The molecular formula is C15H20ClFN2O. The molecule has 110 valence electrons. The van der Waals surface area contributed by atoms with Crippen LogP contribution in [0.1, 0.15) is 30.1 Å². The molecular weight excluding hydrogens is 279 g/mol. The average molecular weight is 299 g/mol. The Morgan fingerprint density at radius 2 is 2.35 bits per heavy atom. The molecule has 0 radical (unpaired) electrons. The summed E-state index contributed by atoms with van der Waals surface area (Å²) >= 11 is 5.66. The first-order valence-electron chi connectivity index (χ1n) is 7.02. The Bertz CT molecular complexity index is 481. The summed E-state index contributed by atoms with van der Waals surface area (Å²) in [6, 6.07) is 4.09. The van der Waals surface area contributed by atoms with E-state index in [1.54, 1.807) is 0 Å². The van der Waals surface area contributed by atoms with Gasteiger partial charge >= 0.3 is 0 Å². The minimum absolute atomic E-state index is 0.0430. The highest BCUT2D eigenvalue weighted by molar-refractivity contribution is 6.30. The molecule has 1 fully saturated rings. The highest BCUT2D eigenvalue weighted by Gasteiger charge is 2.16. The molecule has 1 aliphatic heterocycles. The number of likely N-dealkylation sites (tertiary alicyclic amines) is 1. The molecule has 5 heteroatoms. The van der Waals surface area contributed by atoms with Crippen LogP contribution in [-0.4, -0.2) is 37.0 Å². The quantitative estimate of drug-likeness (QED) is 0.927. The molecule has 1 saturated heterocycles. The molecule has 1 aliphatic rings. The predicted molar refractivity (Wildman–Crippen MR) is 78.6 cm³/mol. The van der Waals surface area contributed by atoms with E-state index in [1.807, 2.05) is 0 Å². The van der Waals surface area contributed by atoms with E-state index < -0.39 is 5.82 Å². The first-order valence-corrected chi connectivity index (χ1v) is 7.39. The molecule has 1 amide bonds. The summed E-state index contributed by atoms with van der Waals surface area (Å²) in [7, 11) is 0. The lowest BCUT2D eigenvalue weighted by Crippen LogP contribution is -2.40. The topological polar surface area (TPSA) is 32.3 Å². The third kappa shape index (κ3) is 4.18. The molecule has 1 aromatic rings. The summed E-state index contributed by atoms with van der Waals surface area (Å²) in [5.41, 5.74) is 0.0430. The fraction of sp³-hybridized carbons (Fsp3) is 0.533. The van der Waals surface area contributed by atoms with Crippen LogP contribution in [0.15, 0.2) is 18.2 Å². The van der Waals surface area contributed by atoms with Crippen LogP contribution in [0.25, 0.3) is 0 Å². The van der Waals surface area contributed by atoms with Gasteiger partial charge in [-0.3, -0.25) is 4.79 Å². The first kappa shape index (κ1) is 15.3. The van der Waals surface area contributed by atoms with Crippen molar-refractivity contribution in [3.8, 4) is 0 Å². The minimum Gasteiger partial charge on any atom is -0.351 e. The number of carbonyl (C=O) groups is 1. The van der Waals surface area contributed by atoms with E-state index >= 15 is 0 Å². The fourth-order valence-corrected chi connectivity index (χ4v) is 2.74. The number of carbonyl (C=O) groups excluding carboxylic acids is 1. The molecule has 1 aromatic carbocycles. The zero-order chi connectivity index (χ0) is 14.5. The number of hydrogen-bond donors (Lipinski definition) is 1. The van der Waals surface area contributed by atoms with Gasteiger partial charge in [-0.15, -0.1) is 0 Å². The van der Waals surface area contributed by atoms with E-state index in [4.69, 9.17) is 11.6 Å². The molecule has 0 saturated carbocycles. The number of amides is 1. The first-order chi connectivity index (χ1) is 9.56. The largest absolute Gasteiger partial charge is 0.351 e. The van der Waals surface area contributed by atoms with Gasteiger partial charge in [-0.2, -0.15) is 0 Å². The maximum atomic E-state index is 13.6. The summed E-state index contributed by atoms with van der Waals surface area (Å²) in [6.07, 6.45) is 2.49. The summed E-state index contributed by atoms with van der Waals surface area (Å²) in [5, 5.41) is 3.05. The highest BCUT2D eigenvalue weighted by atomic mass is 35.5. The third-order valence-electron chi connectivity index (χ3n) is 3.63. The van der Waals surface area contributed by atoms with Gasteiger partial charge in [0.25, 0.3) is 5.91 Å². The van der Waals surface area contributed by atoms with Crippen LogP contribution in [0.3, 0.4) is 0 Å². The summed E-state index contributed by atoms with van der Waals surface area (Å²) in [6.45, 7) is 5.74. The van der Waals surface area contributed by atoms with Crippen molar-refractivity contribution in [3.05, 3.63) is 34.6 Å². The number of halogens is 2. The maximum absolute atomic E-state index is 13.6. The molecule has 2 rings (SSSR count). The molecule has 1 atom stereocenters. The lowest BCUT2D eigenvalue weighted by atomic mass is 10.0. The van der Waals surface area contributed by atoms with Crippen LogP contribution in [0.2, 0.25) is 5.02 Å². The van der Waals surface area contributed by atoms with Gasteiger partial charge in [-0.25, -0.2) is 4.39 Å². The molecule has 0 bridgehead atoms. The van der Waals surface area contributed by atoms with Crippen LogP contribution in [0, 0.1) is 11.7 Å². The smallest absolute Gasteiger partial charge is 0.254 e. The van der Waals surface area contributed by atoms with Crippen LogP contribution in [-0.2, 0) is 0 Å². The zero-order valence-corrected chi connectivity index (χ0v) is 12.4. The van der Waals surface area contributed by atoms with E-state index in [0.29, 0.717) is 17.5 Å². The van der Waals surface area contributed by atoms with Gasteiger partial charge in [0.1, 0.15) is 5.82 Å².